The molecule has 2 aliphatic rings. The number of carbonyl (C=O) groups excluding carboxylic acids is 4. The van der Waals surface area contributed by atoms with Gasteiger partial charge in [-0.15, -0.1) is 0 Å². The van der Waals surface area contributed by atoms with Crippen LogP contribution in [0.5, 0.6) is 0 Å². The molecular formula is C22H34O6. The van der Waals surface area contributed by atoms with E-state index < -0.39 is 22.8 Å². The van der Waals surface area contributed by atoms with Gasteiger partial charge in [0.05, 0.1) is 13.2 Å². The first-order chi connectivity index (χ1) is 13.3. The van der Waals surface area contributed by atoms with Gasteiger partial charge in [0.1, 0.15) is 22.4 Å². The standard InChI is InChI=1S/C22H34O6/c1-21(13-7-5-11-17(21)23)19(25)27-15-9-3-4-10-16-28-20(26)22(2)14-8-6-12-18(22)24/h3-16H2,1-2H3. The van der Waals surface area contributed by atoms with E-state index >= 15 is 0 Å². The van der Waals surface area contributed by atoms with E-state index in [9.17, 15) is 19.2 Å². The molecule has 28 heavy (non-hydrogen) atoms. The van der Waals surface area contributed by atoms with E-state index in [1.54, 1.807) is 13.8 Å². The molecule has 0 radical (unpaired) electrons. The van der Waals surface area contributed by atoms with E-state index in [2.05, 4.69) is 0 Å². The topological polar surface area (TPSA) is 86.7 Å². The Labute approximate surface area is 167 Å². The summed E-state index contributed by atoms with van der Waals surface area (Å²) in [7, 11) is 0. The van der Waals surface area contributed by atoms with E-state index in [1.807, 2.05) is 0 Å². The van der Waals surface area contributed by atoms with Gasteiger partial charge in [-0.1, -0.05) is 12.8 Å². The Morgan fingerprint density at radius 1 is 0.714 bits per heavy atom. The Morgan fingerprint density at radius 2 is 1.11 bits per heavy atom. The number of carbonyl (C=O) groups is 4. The van der Waals surface area contributed by atoms with Gasteiger partial charge in [0.25, 0.3) is 0 Å². The maximum atomic E-state index is 12.2. The van der Waals surface area contributed by atoms with Gasteiger partial charge < -0.3 is 9.47 Å². The number of ketones is 2. The van der Waals surface area contributed by atoms with Crippen molar-refractivity contribution in [2.24, 2.45) is 10.8 Å². The molecule has 0 bridgehead atoms. The zero-order valence-corrected chi connectivity index (χ0v) is 17.3. The van der Waals surface area contributed by atoms with Crippen LogP contribution in [0.1, 0.15) is 90.9 Å². The number of esters is 2. The van der Waals surface area contributed by atoms with Crippen LogP contribution in [-0.4, -0.2) is 36.7 Å². The molecule has 158 valence electrons. The molecular weight excluding hydrogens is 360 g/mol. The smallest absolute Gasteiger partial charge is 0.319 e. The minimum Gasteiger partial charge on any atom is -0.465 e. The molecule has 2 rings (SSSR count). The molecule has 0 amide bonds. The lowest BCUT2D eigenvalue weighted by Crippen LogP contribution is -2.40. The van der Waals surface area contributed by atoms with Crippen molar-refractivity contribution < 1.29 is 28.7 Å². The van der Waals surface area contributed by atoms with Crippen molar-refractivity contribution in [1.29, 1.82) is 0 Å². The number of unbranched alkanes of at least 4 members (excludes halogenated alkanes) is 3. The fourth-order valence-corrected chi connectivity index (χ4v) is 4.00. The van der Waals surface area contributed by atoms with Gasteiger partial charge in [-0.05, 0) is 65.2 Å². The molecule has 2 aliphatic carbocycles. The summed E-state index contributed by atoms with van der Waals surface area (Å²) in [5.41, 5.74) is -1.92. The SMILES string of the molecule is CC1(C(=O)OCCCCCCOC(=O)C2(C)CCCCC2=O)CCCCC1=O. The van der Waals surface area contributed by atoms with Crippen molar-refractivity contribution in [3.8, 4) is 0 Å². The molecule has 0 saturated heterocycles. The fraction of sp³-hybridized carbons (Fsp3) is 0.818. The van der Waals surface area contributed by atoms with Gasteiger partial charge in [0.2, 0.25) is 0 Å². The third-order valence-electron chi connectivity index (χ3n) is 6.30. The second-order valence-electron chi connectivity index (χ2n) is 8.61. The van der Waals surface area contributed by atoms with E-state index in [0.717, 1.165) is 51.4 Å². The maximum absolute atomic E-state index is 12.2. The number of ether oxygens (including phenoxy) is 2. The van der Waals surface area contributed by atoms with Gasteiger partial charge >= 0.3 is 11.9 Å². The molecule has 0 aromatic carbocycles. The average molecular weight is 395 g/mol. The first-order valence-electron chi connectivity index (χ1n) is 10.7. The molecule has 0 aromatic rings. The van der Waals surface area contributed by atoms with Crippen molar-refractivity contribution in [1.82, 2.24) is 0 Å². The van der Waals surface area contributed by atoms with Crippen LogP contribution in [0, 0.1) is 10.8 Å². The number of Topliss-reactive ketones (excluding diaryl/α,β-unsaturated/α-hetero) is 2. The Morgan fingerprint density at radius 3 is 1.46 bits per heavy atom. The van der Waals surface area contributed by atoms with Crippen molar-refractivity contribution >= 4 is 23.5 Å². The molecule has 6 heteroatoms. The van der Waals surface area contributed by atoms with E-state index in [4.69, 9.17) is 9.47 Å². The lowest BCUT2D eigenvalue weighted by molar-refractivity contribution is -0.163. The lowest BCUT2D eigenvalue weighted by atomic mass is 9.74. The lowest BCUT2D eigenvalue weighted by Gasteiger charge is -2.29. The van der Waals surface area contributed by atoms with Crippen molar-refractivity contribution in [2.45, 2.75) is 90.9 Å². The predicted octanol–water partition coefficient (Wildman–Crippen LogP) is 3.93. The van der Waals surface area contributed by atoms with Crippen LogP contribution in [0.3, 0.4) is 0 Å². The van der Waals surface area contributed by atoms with E-state index in [-0.39, 0.29) is 11.6 Å². The Balaban J connectivity index is 1.55. The van der Waals surface area contributed by atoms with Crippen LogP contribution < -0.4 is 0 Å². The van der Waals surface area contributed by atoms with Crippen LogP contribution in [0.2, 0.25) is 0 Å². The Hall–Kier alpha value is -1.72. The van der Waals surface area contributed by atoms with E-state index in [0.29, 0.717) is 38.9 Å². The van der Waals surface area contributed by atoms with Crippen LogP contribution in [0.4, 0.5) is 0 Å². The van der Waals surface area contributed by atoms with Gasteiger partial charge in [-0.25, -0.2) is 0 Å². The van der Waals surface area contributed by atoms with Crippen LogP contribution in [0.15, 0.2) is 0 Å². The molecule has 0 N–H and O–H groups in total. The van der Waals surface area contributed by atoms with Crippen molar-refractivity contribution in [3.63, 3.8) is 0 Å². The zero-order chi connectivity index (χ0) is 20.6. The first-order valence-corrected chi connectivity index (χ1v) is 10.7. The second kappa shape index (κ2) is 10.2. The van der Waals surface area contributed by atoms with Crippen LogP contribution in [0.25, 0.3) is 0 Å². The molecule has 0 spiro atoms. The quantitative estimate of drug-likeness (QED) is 0.334. The van der Waals surface area contributed by atoms with Crippen molar-refractivity contribution in [2.75, 3.05) is 13.2 Å². The second-order valence-corrected chi connectivity index (χ2v) is 8.61. The number of hydrogen-bond donors (Lipinski definition) is 0. The third-order valence-corrected chi connectivity index (χ3v) is 6.30. The zero-order valence-electron chi connectivity index (χ0n) is 17.3. The highest BCUT2D eigenvalue weighted by Crippen LogP contribution is 2.35. The van der Waals surface area contributed by atoms with Gasteiger partial charge in [-0.2, -0.15) is 0 Å². The summed E-state index contributed by atoms with van der Waals surface area (Å²) < 4.78 is 10.6. The third kappa shape index (κ3) is 5.42. The van der Waals surface area contributed by atoms with Gasteiger partial charge in [0, 0.05) is 12.8 Å². The Bertz CT molecular complexity index is 546. The summed E-state index contributed by atoms with van der Waals surface area (Å²) in [6.45, 7) is 4.02. The molecule has 2 unspecified atom stereocenters. The summed E-state index contributed by atoms with van der Waals surface area (Å²) in [4.78, 5) is 48.5. The van der Waals surface area contributed by atoms with Crippen LogP contribution in [-0.2, 0) is 28.7 Å². The minimum atomic E-state index is -0.959. The molecule has 0 aliphatic heterocycles. The predicted molar refractivity (Wildman–Crippen MR) is 104 cm³/mol. The summed E-state index contributed by atoms with van der Waals surface area (Å²) in [5, 5.41) is 0. The maximum Gasteiger partial charge on any atom is 0.319 e. The summed E-state index contributed by atoms with van der Waals surface area (Å²) in [6, 6.07) is 0. The highest BCUT2D eigenvalue weighted by molar-refractivity contribution is 6.04. The van der Waals surface area contributed by atoms with E-state index in [1.165, 1.54) is 0 Å². The monoisotopic (exact) mass is 394 g/mol. The molecule has 0 heterocycles. The summed E-state index contributed by atoms with van der Waals surface area (Å²) in [6.07, 6.45) is 8.75. The molecule has 2 saturated carbocycles. The largest absolute Gasteiger partial charge is 0.465 e. The Kier molecular flexibility index (Phi) is 8.20. The number of hydrogen-bond acceptors (Lipinski definition) is 6. The summed E-state index contributed by atoms with van der Waals surface area (Å²) >= 11 is 0. The fourth-order valence-electron chi connectivity index (χ4n) is 4.00. The normalized spacial score (nSPS) is 28.1. The minimum absolute atomic E-state index is 0.00397. The highest BCUT2D eigenvalue weighted by atomic mass is 16.5. The van der Waals surface area contributed by atoms with Gasteiger partial charge in [0.15, 0.2) is 0 Å². The molecule has 2 fully saturated rings. The molecule has 2 atom stereocenters. The highest BCUT2D eigenvalue weighted by Gasteiger charge is 2.44. The van der Waals surface area contributed by atoms with Crippen molar-refractivity contribution in [3.05, 3.63) is 0 Å². The van der Waals surface area contributed by atoms with Gasteiger partial charge in [-0.3, -0.25) is 19.2 Å². The summed E-state index contributed by atoms with van der Waals surface area (Å²) in [5.74, 6) is -0.792. The number of rotatable bonds is 9. The first kappa shape index (κ1) is 22.6. The molecule has 0 aromatic heterocycles. The van der Waals surface area contributed by atoms with Crippen LogP contribution >= 0.6 is 0 Å². The molecule has 6 nitrogen and oxygen atoms in total. The average Bonchev–Trinajstić information content (AvgIpc) is 2.68.